The Morgan fingerprint density at radius 1 is 1.48 bits per heavy atom. The number of carbonyl (C=O) groups is 1. The summed E-state index contributed by atoms with van der Waals surface area (Å²) in [6.45, 7) is 2.99. The van der Waals surface area contributed by atoms with Crippen LogP contribution in [-0.2, 0) is 4.79 Å². The topological polar surface area (TPSA) is 99.7 Å². The number of hydrogen-bond donors (Lipinski definition) is 1. The molecule has 0 bridgehead atoms. The number of aromatic nitrogens is 4. The molecule has 1 amide bonds. The molecule has 0 aliphatic carbocycles. The first-order valence-electron chi connectivity index (χ1n) is 7.48. The highest BCUT2D eigenvalue weighted by Gasteiger charge is 2.36. The van der Waals surface area contributed by atoms with Crippen molar-refractivity contribution >= 4 is 11.7 Å². The molecule has 3 heterocycles. The van der Waals surface area contributed by atoms with Gasteiger partial charge in [0, 0.05) is 31.9 Å². The summed E-state index contributed by atoms with van der Waals surface area (Å²) in [5.74, 6) is 0.622. The molecular weight excluding hydrogens is 294 g/mol. The quantitative estimate of drug-likeness (QED) is 0.882. The second-order valence-electron chi connectivity index (χ2n) is 5.37. The molecule has 118 valence electrons. The van der Waals surface area contributed by atoms with E-state index in [9.17, 15) is 10.1 Å². The lowest BCUT2D eigenvalue weighted by molar-refractivity contribution is -0.121. The molecule has 0 saturated carbocycles. The molecule has 8 nitrogen and oxygen atoms in total. The van der Waals surface area contributed by atoms with Crippen LogP contribution in [0.3, 0.4) is 0 Å². The summed E-state index contributed by atoms with van der Waals surface area (Å²) in [5.41, 5.74) is 0.521. The molecule has 1 fully saturated rings. The lowest BCUT2D eigenvalue weighted by Gasteiger charge is -2.18. The molecule has 1 saturated heterocycles. The fourth-order valence-corrected chi connectivity index (χ4v) is 2.81. The van der Waals surface area contributed by atoms with Crippen molar-refractivity contribution in [3.05, 3.63) is 36.3 Å². The number of hydrogen-bond acceptors (Lipinski definition) is 6. The summed E-state index contributed by atoms with van der Waals surface area (Å²) in [6.07, 6.45) is 5.48. The number of nitrogens with one attached hydrogen (secondary N) is 1. The molecule has 3 rings (SSSR count). The minimum absolute atomic E-state index is 0.0107. The number of carbonyl (C=O) groups excluding carboxylic acids is 1. The van der Waals surface area contributed by atoms with Crippen molar-refractivity contribution in [1.82, 2.24) is 25.3 Å². The second-order valence-corrected chi connectivity index (χ2v) is 5.37. The minimum atomic E-state index is -0.113. The maximum Gasteiger partial charge on any atom is 0.220 e. The monoisotopic (exact) mass is 311 g/mol. The van der Waals surface area contributed by atoms with Gasteiger partial charge in [0.25, 0.3) is 0 Å². The summed E-state index contributed by atoms with van der Waals surface area (Å²) >= 11 is 0. The fourth-order valence-electron chi connectivity index (χ4n) is 2.81. The van der Waals surface area contributed by atoms with Gasteiger partial charge in [-0.05, 0) is 12.1 Å². The molecule has 2 aromatic rings. The maximum atomic E-state index is 11.8. The van der Waals surface area contributed by atoms with Crippen molar-refractivity contribution in [2.75, 3.05) is 18.0 Å². The summed E-state index contributed by atoms with van der Waals surface area (Å²) < 4.78 is 1.75. The Morgan fingerprint density at radius 2 is 2.35 bits per heavy atom. The molecule has 0 radical (unpaired) electrons. The van der Waals surface area contributed by atoms with Crippen LogP contribution in [0.1, 0.15) is 24.9 Å². The molecule has 8 heteroatoms. The van der Waals surface area contributed by atoms with E-state index in [0.717, 1.165) is 0 Å². The first-order valence-corrected chi connectivity index (χ1v) is 7.48. The number of amides is 1. The highest BCUT2D eigenvalue weighted by molar-refractivity contribution is 5.76. The second kappa shape index (κ2) is 6.44. The van der Waals surface area contributed by atoms with Gasteiger partial charge in [-0.25, -0.2) is 9.67 Å². The van der Waals surface area contributed by atoms with Gasteiger partial charge < -0.3 is 10.2 Å². The zero-order valence-corrected chi connectivity index (χ0v) is 12.8. The molecule has 0 spiro atoms. The first kappa shape index (κ1) is 15.0. The Kier molecular flexibility index (Phi) is 4.19. The van der Waals surface area contributed by atoms with Gasteiger partial charge in [-0.15, -0.1) is 5.10 Å². The van der Waals surface area contributed by atoms with E-state index in [-0.39, 0.29) is 18.0 Å². The van der Waals surface area contributed by atoms with E-state index in [0.29, 0.717) is 30.9 Å². The molecule has 1 aliphatic rings. The van der Waals surface area contributed by atoms with E-state index in [4.69, 9.17) is 0 Å². The van der Waals surface area contributed by atoms with E-state index < -0.39 is 0 Å². The Labute approximate surface area is 133 Å². The Balaban J connectivity index is 1.88. The standard InChI is InChI=1S/C15H17N7O/c1-2-14(23)19-12-9-21(10-13(12)22-7-6-18-20-22)15-11(8-16)4-3-5-17-15/h3-7,12-13H,2,9-10H2,1H3,(H,19,23)/t12-,13+/m1/s1. The summed E-state index contributed by atoms with van der Waals surface area (Å²) in [5, 5.41) is 20.2. The predicted octanol–water partition coefficient (Wildman–Crippen LogP) is 0.501. The third-order valence-electron chi connectivity index (χ3n) is 3.94. The largest absolute Gasteiger partial charge is 0.351 e. The lowest BCUT2D eigenvalue weighted by Crippen LogP contribution is -2.41. The van der Waals surface area contributed by atoms with Crippen LogP contribution in [0.25, 0.3) is 0 Å². The van der Waals surface area contributed by atoms with E-state index in [1.165, 1.54) is 0 Å². The van der Waals surface area contributed by atoms with Crippen LogP contribution in [0.4, 0.5) is 5.82 Å². The third kappa shape index (κ3) is 2.99. The predicted molar refractivity (Wildman–Crippen MR) is 82.4 cm³/mol. The van der Waals surface area contributed by atoms with E-state index >= 15 is 0 Å². The molecule has 1 aliphatic heterocycles. The smallest absolute Gasteiger partial charge is 0.220 e. The highest BCUT2D eigenvalue weighted by Crippen LogP contribution is 2.27. The van der Waals surface area contributed by atoms with Gasteiger partial charge >= 0.3 is 0 Å². The van der Waals surface area contributed by atoms with Crippen LogP contribution in [0, 0.1) is 11.3 Å². The summed E-state index contributed by atoms with van der Waals surface area (Å²) in [4.78, 5) is 18.1. The fraction of sp³-hybridized carbons (Fsp3) is 0.400. The number of anilines is 1. The molecule has 0 aromatic carbocycles. The molecule has 23 heavy (non-hydrogen) atoms. The van der Waals surface area contributed by atoms with Gasteiger partial charge in [-0.2, -0.15) is 5.26 Å². The van der Waals surface area contributed by atoms with Crippen molar-refractivity contribution in [2.45, 2.75) is 25.4 Å². The van der Waals surface area contributed by atoms with E-state index in [1.807, 2.05) is 11.8 Å². The van der Waals surface area contributed by atoms with Gasteiger partial charge in [-0.1, -0.05) is 12.1 Å². The van der Waals surface area contributed by atoms with E-state index in [2.05, 4.69) is 26.7 Å². The van der Waals surface area contributed by atoms with Crippen LogP contribution in [-0.4, -0.2) is 45.0 Å². The van der Waals surface area contributed by atoms with Crippen LogP contribution >= 0.6 is 0 Å². The van der Waals surface area contributed by atoms with Crippen molar-refractivity contribution < 1.29 is 4.79 Å². The summed E-state index contributed by atoms with van der Waals surface area (Å²) in [6, 6.07) is 5.48. The van der Waals surface area contributed by atoms with Gasteiger partial charge in [0.1, 0.15) is 11.9 Å². The average Bonchev–Trinajstić information content (AvgIpc) is 3.24. The number of rotatable bonds is 4. The molecule has 2 aromatic heterocycles. The van der Waals surface area contributed by atoms with Crippen molar-refractivity contribution in [3.63, 3.8) is 0 Å². The maximum absolute atomic E-state index is 11.8. The molecular formula is C15H17N7O. The zero-order chi connectivity index (χ0) is 16.2. The Bertz CT molecular complexity index is 722. The Hall–Kier alpha value is -2.95. The SMILES string of the molecule is CCC(=O)N[C@@H]1CN(c2ncccc2C#N)C[C@@H]1n1ccnn1. The van der Waals surface area contributed by atoms with Crippen LogP contribution in [0.15, 0.2) is 30.7 Å². The van der Waals surface area contributed by atoms with Gasteiger partial charge in [0.2, 0.25) is 5.91 Å². The number of nitrogens with zero attached hydrogens (tertiary/aromatic N) is 6. The molecule has 0 unspecified atom stereocenters. The van der Waals surface area contributed by atoms with E-state index in [1.54, 1.807) is 35.4 Å². The van der Waals surface area contributed by atoms with Crippen molar-refractivity contribution in [2.24, 2.45) is 0 Å². The molecule has 2 atom stereocenters. The first-order chi connectivity index (χ1) is 11.2. The van der Waals surface area contributed by atoms with Crippen LogP contribution < -0.4 is 10.2 Å². The highest BCUT2D eigenvalue weighted by atomic mass is 16.1. The van der Waals surface area contributed by atoms with Gasteiger partial charge in [0.05, 0.1) is 23.8 Å². The van der Waals surface area contributed by atoms with Gasteiger partial charge in [0.15, 0.2) is 0 Å². The zero-order valence-electron chi connectivity index (χ0n) is 12.8. The normalized spacial score (nSPS) is 20.3. The van der Waals surface area contributed by atoms with Gasteiger partial charge in [-0.3, -0.25) is 4.79 Å². The number of nitriles is 1. The minimum Gasteiger partial charge on any atom is -0.351 e. The lowest BCUT2D eigenvalue weighted by atomic mass is 10.1. The third-order valence-corrected chi connectivity index (χ3v) is 3.94. The molecule has 1 N–H and O–H groups in total. The van der Waals surface area contributed by atoms with Crippen LogP contribution in [0.2, 0.25) is 0 Å². The van der Waals surface area contributed by atoms with Crippen molar-refractivity contribution in [3.8, 4) is 6.07 Å². The van der Waals surface area contributed by atoms with Crippen LogP contribution in [0.5, 0.6) is 0 Å². The Morgan fingerprint density at radius 3 is 3.04 bits per heavy atom. The number of pyridine rings is 1. The van der Waals surface area contributed by atoms with Crippen molar-refractivity contribution in [1.29, 1.82) is 5.26 Å². The summed E-state index contributed by atoms with van der Waals surface area (Å²) in [7, 11) is 0. The average molecular weight is 311 g/mol.